The summed E-state index contributed by atoms with van der Waals surface area (Å²) in [4.78, 5) is 25.3. The number of benzene rings is 2. The molecule has 0 amide bonds. The van der Waals surface area contributed by atoms with Crippen molar-refractivity contribution in [3.8, 4) is 0 Å². The summed E-state index contributed by atoms with van der Waals surface area (Å²) in [6, 6.07) is 8.24. The number of rotatable bonds is 2. The van der Waals surface area contributed by atoms with Crippen molar-refractivity contribution in [3.63, 3.8) is 0 Å². The number of nitro benzene ring substituents is 2. The minimum atomic E-state index is -0.534. The largest absolute Gasteiger partial charge is 2.00 e. The summed E-state index contributed by atoms with van der Waals surface area (Å²) in [7, 11) is 0. The topological polar surface area (TPSA) is 143 Å². The van der Waals surface area contributed by atoms with Crippen molar-refractivity contribution < 1.29 is 79.0 Å². The Morgan fingerprint density at radius 3 is 1.21 bits per heavy atom. The summed E-state index contributed by atoms with van der Waals surface area (Å²) in [5.74, 6) is 0. The molecule has 29 heavy (non-hydrogen) atoms. The smallest absolute Gasteiger partial charge is 1.00 e. The van der Waals surface area contributed by atoms with E-state index in [0.29, 0.717) is 11.1 Å². The van der Waals surface area contributed by atoms with Crippen molar-refractivity contribution >= 4 is 22.7 Å². The summed E-state index contributed by atoms with van der Waals surface area (Å²) >= 11 is 0. The zero-order chi connectivity index (χ0) is 18.3. The van der Waals surface area contributed by atoms with Crippen molar-refractivity contribution in [1.82, 2.24) is 0 Å². The van der Waals surface area contributed by atoms with Crippen molar-refractivity contribution in [2.45, 2.75) is 13.8 Å². The predicted molar refractivity (Wildman–Crippen MR) is 85.2 cm³/mol. The summed E-state index contributed by atoms with van der Waals surface area (Å²) in [6.45, 7) is 3.41. The fraction of sp³-hybridized carbons (Fsp3) is 0.143. The fourth-order valence-corrected chi connectivity index (χ4v) is 1.64. The molecular formula is C14H12Cl4N6O4Zn. The van der Waals surface area contributed by atoms with Crippen molar-refractivity contribution in [2.75, 3.05) is 0 Å². The Labute approximate surface area is 203 Å². The first-order valence-electron chi connectivity index (χ1n) is 6.50. The first kappa shape index (κ1) is 37.6. The molecule has 152 valence electrons. The van der Waals surface area contributed by atoms with Gasteiger partial charge in [-0.25, -0.2) is 0 Å². The molecule has 0 heterocycles. The van der Waals surface area contributed by atoms with Crippen LogP contribution in [0.15, 0.2) is 36.4 Å². The van der Waals surface area contributed by atoms with Gasteiger partial charge < -0.3 is 49.6 Å². The first-order chi connectivity index (χ1) is 11.3. The van der Waals surface area contributed by atoms with Crippen LogP contribution in [0.2, 0.25) is 0 Å². The van der Waals surface area contributed by atoms with Crippen LogP contribution in [0, 0.1) is 44.9 Å². The van der Waals surface area contributed by atoms with E-state index in [4.69, 9.17) is 10.8 Å². The van der Waals surface area contributed by atoms with Gasteiger partial charge in [-0.2, -0.15) is 0 Å². The Morgan fingerprint density at radius 1 is 0.724 bits per heavy atom. The van der Waals surface area contributed by atoms with Gasteiger partial charge in [0.15, 0.2) is 9.95 Å². The average molecular weight is 535 g/mol. The molecule has 0 aromatic heterocycles. The molecule has 2 aromatic rings. The minimum Gasteiger partial charge on any atom is -1.00 e. The second-order valence-electron chi connectivity index (χ2n) is 4.66. The normalized spacial score (nSPS) is 7.45. The molecule has 0 saturated carbocycles. The minimum absolute atomic E-state index is 0. The maximum absolute atomic E-state index is 10.3. The Bertz CT molecular complexity index is 831. The summed E-state index contributed by atoms with van der Waals surface area (Å²) in [5, 5.41) is 37.4. The maximum atomic E-state index is 10.3. The van der Waals surface area contributed by atoms with Gasteiger partial charge in [0.25, 0.3) is 11.4 Å². The van der Waals surface area contributed by atoms with Crippen LogP contribution >= 0.6 is 0 Å². The molecule has 0 bridgehead atoms. The van der Waals surface area contributed by atoms with E-state index in [1.54, 1.807) is 13.8 Å². The molecule has 0 aliphatic heterocycles. The van der Waals surface area contributed by atoms with E-state index in [1.807, 2.05) is 0 Å². The van der Waals surface area contributed by atoms with Crippen LogP contribution in [0.5, 0.6) is 0 Å². The van der Waals surface area contributed by atoms with E-state index in [1.165, 1.54) is 36.4 Å². The van der Waals surface area contributed by atoms with Crippen LogP contribution in [0.4, 0.5) is 22.7 Å². The first-order valence-corrected chi connectivity index (χ1v) is 6.50. The molecule has 2 aromatic carbocycles. The molecular weight excluding hydrogens is 523 g/mol. The van der Waals surface area contributed by atoms with E-state index in [2.05, 4.69) is 9.95 Å². The quantitative estimate of drug-likeness (QED) is 0.162. The number of halogens is 4. The molecule has 0 atom stereocenters. The molecule has 0 saturated heterocycles. The number of hydrogen-bond donors (Lipinski definition) is 0. The number of nitro groups is 2. The van der Waals surface area contributed by atoms with Gasteiger partial charge in [0.1, 0.15) is 12.1 Å². The molecule has 0 aliphatic carbocycles. The fourth-order valence-electron chi connectivity index (χ4n) is 1.64. The Balaban J connectivity index is -0.000000113. The molecule has 0 N–H and O–H groups in total. The molecule has 2 rings (SSSR count). The van der Waals surface area contributed by atoms with Gasteiger partial charge in [0.05, 0.1) is 9.85 Å². The molecule has 0 spiro atoms. The third kappa shape index (κ3) is 11.5. The Morgan fingerprint density at radius 2 is 1.00 bits per heavy atom. The van der Waals surface area contributed by atoms with E-state index >= 15 is 0 Å². The molecule has 0 radical (unpaired) electrons. The summed E-state index contributed by atoms with van der Waals surface area (Å²) in [6.07, 6.45) is 0. The molecule has 0 fully saturated rings. The average Bonchev–Trinajstić information content (AvgIpc) is 2.55. The van der Waals surface area contributed by atoms with Gasteiger partial charge in [-0.15, -0.1) is 0 Å². The monoisotopic (exact) mass is 532 g/mol. The van der Waals surface area contributed by atoms with Crippen molar-refractivity contribution in [2.24, 2.45) is 0 Å². The Hall–Kier alpha value is -2.14. The van der Waals surface area contributed by atoms with Gasteiger partial charge in [0, 0.05) is 23.3 Å². The number of nitrogens with zero attached hydrogens (tertiary/aromatic N) is 6. The zero-order valence-corrected chi connectivity index (χ0v) is 21.0. The molecule has 0 aliphatic rings. The van der Waals surface area contributed by atoms with E-state index in [-0.39, 0.29) is 91.9 Å². The zero-order valence-electron chi connectivity index (χ0n) is 15.0. The van der Waals surface area contributed by atoms with Crippen LogP contribution in [0.1, 0.15) is 11.1 Å². The number of diazo groups is 2. The molecule has 0 unspecified atom stereocenters. The van der Waals surface area contributed by atoms with Gasteiger partial charge >= 0.3 is 30.9 Å². The van der Waals surface area contributed by atoms with Crippen LogP contribution in [0.3, 0.4) is 0 Å². The maximum Gasteiger partial charge on any atom is 2.00 e. The van der Waals surface area contributed by atoms with E-state index in [0.717, 1.165) is 0 Å². The third-order valence-electron chi connectivity index (χ3n) is 3.02. The van der Waals surface area contributed by atoms with E-state index in [9.17, 15) is 20.2 Å². The summed E-state index contributed by atoms with van der Waals surface area (Å²) in [5.41, 5.74) is 1.70. The van der Waals surface area contributed by atoms with Crippen molar-refractivity contribution in [1.29, 1.82) is 10.8 Å². The van der Waals surface area contributed by atoms with Gasteiger partial charge in [0.2, 0.25) is 10.8 Å². The van der Waals surface area contributed by atoms with E-state index < -0.39 is 9.85 Å². The van der Waals surface area contributed by atoms with Crippen molar-refractivity contribution in [3.05, 3.63) is 77.7 Å². The standard InChI is InChI=1S/2C7H6N3O2.4ClH.Zn/c2*1-5-2-3-6(10(11)12)4-7(5)9-8;;;;;/h2*2-4H,1H3;4*1H;/q2*+1;;;;;+2/p-4. The summed E-state index contributed by atoms with van der Waals surface area (Å²) < 4.78 is 0. The number of aryl methyl sites for hydroxylation is 2. The second kappa shape index (κ2) is 17.9. The van der Waals surface area contributed by atoms with Gasteiger partial charge in [-0.1, -0.05) is 0 Å². The SMILES string of the molecule is Cc1ccc([N+](=O)[O-])cc1[N+]#N.Cc1ccc([N+](=O)[O-])cc1[N+]#N.[Cl-].[Cl-].[Cl-].[Cl-].[Zn+2]. The van der Waals surface area contributed by atoms with Gasteiger partial charge in [-0.3, -0.25) is 20.2 Å². The van der Waals surface area contributed by atoms with Crippen LogP contribution in [-0.4, -0.2) is 9.85 Å². The second-order valence-corrected chi connectivity index (χ2v) is 4.66. The number of non-ortho nitro benzene ring substituents is 2. The van der Waals surface area contributed by atoms with Crippen LogP contribution in [-0.2, 0) is 19.5 Å². The van der Waals surface area contributed by atoms with Gasteiger partial charge in [-0.05, 0) is 26.0 Å². The van der Waals surface area contributed by atoms with Crippen LogP contribution in [0.25, 0.3) is 9.95 Å². The Kier molecular flexibility index (Phi) is 23.2. The third-order valence-corrected chi connectivity index (χ3v) is 3.02. The molecule has 15 heteroatoms. The predicted octanol–water partition coefficient (Wildman–Crippen LogP) is -7.21. The van der Waals surface area contributed by atoms with Crippen LogP contribution < -0.4 is 49.6 Å². The number of hydrogen-bond acceptors (Lipinski definition) is 6. The molecule has 10 nitrogen and oxygen atoms in total.